The van der Waals surface area contributed by atoms with E-state index >= 15 is 0 Å². The highest BCUT2D eigenvalue weighted by Crippen LogP contribution is 2.32. The van der Waals surface area contributed by atoms with Crippen LogP contribution in [0, 0.1) is 13.8 Å². The molecule has 2 nitrogen and oxygen atoms in total. The predicted octanol–water partition coefficient (Wildman–Crippen LogP) is 3.13. The first-order valence-electron chi connectivity index (χ1n) is 6.50. The van der Waals surface area contributed by atoms with Gasteiger partial charge in [0, 0.05) is 13.1 Å². The summed E-state index contributed by atoms with van der Waals surface area (Å²) in [6.45, 7) is 10.6. The van der Waals surface area contributed by atoms with Crippen LogP contribution in [0.3, 0.4) is 0 Å². The van der Waals surface area contributed by atoms with Crippen LogP contribution < -0.4 is 5.32 Å². The van der Waals surface area contributed by atoms with E-state index in [2.05, 4.69) is 51.2 Å². The molecule has 0 aliphatic carbocycles. The van der Waals surface area contributed by atoms with Crippen LogP contribution in [0.2, 0.25) is 0 Å². The number of hydrogen-bond donors (Lipinski definition) is 1. The lowest BCUT2D eigenvalue weighted by Crippen LogP contribution is -2.48. The van der Waals surface area contributed by atoms with E-state index in [0.29, 0.717) is 0 Å². The van der Waals surface area contributed by atoms with E-state index in [1.807, 2.05) is 0 Å². The standard InChI is InChI=1S/C15H23NO/c1-5-15(4)10-16-9-13(17-15)14-11(2)7-6-8-12(14)3/h6-8,13,16H,5,9-10H2,1-4H3. The van der Waals surface area contributed by atoms with Crippen LogP contribution in [0.1, 0.15) is 43.1 Å². The lowest BCUT2D eigenvalue weighted by molar-refractivity contribution is -0.109. The summed E-state index contributed by atoms with van der Waals surface area (Å²) >= 11 is 0. The van der Waals surface area contributed by atoms with E-state index in [-0.39, 0.29) is 11.7 Å². The van der Waals surface area contributed by atoms with Crippen LogP contribution in [0.5, 0.6) is 0 Å². The number of aryl methyl sites for hydroxylation is 2. The van der Waals surface area contributed by atoms with Crippen molar-refractivity contribution in [1.82, 2.24) is 5.32 Å². The van der Waals surface area contributed by atoms with Gasteiger partial charge in [0.2, 0.25) is 0 Å². The summed E-state index contributed by atoms with van der Waals surface area (Å²) < 4.78 is 6.31. The Morgan fingerprint density at radius 3 is 2.59 bits per heavy atom. The van der Waals surface area contributed by atoms with Gasteiger partial charge < -0.3 is 10.1 Å². The molecule has 1 N–H and O–H groups in total. The van der Waals surface area contributed by atoms with Crippen LogP contribution in [-0.2, 0) is 4.74 Å². The summed E-state index contributed by atoms with van der Waals surface area (Å²) in [4.78, 5) is 0. The van der Waals surface area contributed by atoms with Gasteiger partial charge in [-0.05, 0) is 43.9 Å². The zero-order chi connectivity index (χ0) is 12.5. The van der Waals surface area contributed by atoms with E-state index in [1.165, 1.54) is 16.7 Å². The lowest BCUT2D eigenvalue weighted by atomic mass is 9.94. The normalized spacial score (nSPS) is 29.3. The molecular formula is C15H23NO. The monoisotopic (exact) mass is 233 g/mol. The molecule has 2 heteroatoms. The summed E-state index contributed by atoms with van der Waals surface area (Å²) in [7, 11) is 0. The van der Waals surface area contributed by atoms with Crippen molar-refractivity contribution < 1.29 is 4.74 Å². The second-order valence-corrected chi connectivity index (χ2v) is 5.35. The molecule has 0 spiro atoms. The van der Waals surface area contributed by atoms with Crippen molar-refractivity contribution in [1.29, 1.82) is 0 Å². The Kier molecular flexibility index (Phi) is 3.55. The third-order valence-corrected chi connectivity index (χ3v) is 3.87. The highest BCUT2D eigenvalue weighted by atomic mass is 16.5. The molecule has 17 heavy (non-hydrogen) atoms. The molecule has 1 aromatic carbocycles. The average molecular weight is 233 g/mol. The highest BCUT2D eigenvalue weighted by Gasteiger charge is 2.32. The number of nitrogens with one attached hydrogen (secondary N) is 1. The maximum atomic E-state index is 6.31. The van der Waals surface area contributed by atoms with Gasteiger partial charge in [0.15, 0.2) is 0 Å². The Labute approximate surface area is 104 Å². The first kappa shape index (κ1) is 12.6. The number of rotatable bonds is 2. The van der Waals surface area contributed by atoms with Gasteiger partial charge >= 0.3 is 0 Å². The summed E-state index contributed by atoms with van der Waals surface area (Å²) in [6, 6.07) is 6.45. The molecule has 0 radical (unpaired) electrons. The number of benzene rings is 1. The molecule has 0 aromatic heterocycles. The van der Waals surface area contributed by atoms with E-state index in [4.69, 9.17) is 4.74 Å². The molecule has 1 fully saturated rings. The molecule has 1 saturated heterocycles. The summed E-state index contributed by atoms with van der Waals surface area (Å²) in [5, 5.41) is 3.50. The summed E-state index contributed by atoms with van der Waals surface area (Å²) in [5.74, 6) is 0. The van der Waals surface area contributed by atoms with Gasteiger partial charge in [0.1, 0.15) is 0 Å². The third kappa shape index (κ3) is 2.53. The van der Waals surface area contributed by atoms with E-state index in [1.54, 1.807) is 0 Å². The Hall–Kier alpha value is -0.860. The minimum atomic E-state index is -0.0301. The maximum absolute atomic E-state index is 6.31. The molecular weight excluding hydrogens is 210 g/mol. The zero-order valence-corrected chi connectivity index (χ0v) is 11.3. The number of morpholine rings is 1. The molecule has 2 atom stereocenters. The molecule has 0 bridgehead atoms. The van der Waals surface area contributed by atoms with Crippen LogP contribution in [-0.4, -0.2) is 18.7 Å². The highest BCUT2D eigenvalue weighted by molar-refractivity contribution is 5.36. The molecule has 2 rings (SSSR count). The zero-order valence-electron chi connectivity index (χ0n) is 11.3. The average Bonchev–Trinajstić information content (AvgIpc) is 2.29. The van der Waals surface area contributed by atoms with Crippen LogP contribution in [0.25, 0.3) is 0 Å². The molecule has 0 saturated carbocycles. The number of ether oxygens (including phenoxy) is 1. The van der Waals surface area contributed by atoms with Crippen LogP contribution in [0.15, 0.2) is 18.2 Å². The van der Waals surface area contributed by atoms with Gasteiger partial charge in [-0.15, -0.1) is 0 Å². The van der Waals surface area contributed by atoms with Crippen molar-refractivity contribution in [3.8, 4) is 0 Å². The van der Waals surface area contributed by atoms with Gasteiger partial charge in [0.05, 0.1) is 11.7 Å². The topological polar surface area (TPSA) is 21.3 Å². The minimum Gasteiger partial charge on any atom is -0.365 e. The van der Waals surface area contributed by atoms with Gasteiger partial charge in [-0.25, -0.2) is 0 Å². The fourth-order valence-corrected chi connectivity index (χ4v) is 2.60. The SMILES string of the molecule is CCC1(C)CNCC(c2c(C)cccc2C)O1. The van der Waals surface area contributed by atoms with Crippen molar-refractivity contribution in [3.63, 3.8) is 0 Å². The van der Waals surface area contributed by atoms with Crippen molar-refractivity contribution in [2.75, 3.05) is 13.1 Å². The first-order chi connectivity index (χ1) is 8.06. The smallest absolute Gasteiger partial charge is 0.0962 e. The van der Waals surface area contributed by atoms with E-state index < -0.39 is 0 Å². The second kappa shape index (κ2) is 4.79. The predicted molar refractivity (Wildman–Crippen MR) is 71.3 cm³/mol. The fourth-order valence-electron chi connectivity index (χ4n) is 2.60. The van der Waals surface area contributed by atoms with Crippen LogP contribution >= 0.6 is 0 Å². The van der Waals surface area contributed by atoms with Gasteiger partial charge in [-0.3, -0.25) is 0 Å². The fraction of sp³-hybridized carbons (Fsp3) is 0.600. The van der Waals surface area contributed by atoms with Crippen molar-refractivity contribution in [3.05, 3.63) is 34.9 Å². The Morgan fingerprint density at radius 2 is 2.00 bits per heavy atom. The molecule has 1 aliphatic heterocycles. The van der Waals surface area contributed by atoms with Crippen molar-refractivity contribution >= 4 is 0 Å². The Bertz CT molecular complexity index is 382. The van der Waals surface area contributed by atoms with E-state index in [9.17, 15) is 0 Å². The molecule has 1 aliphatic rings. The number of hydrogen-bond acceptors (Lipinski definition) is 2. The third-order valence-electron chi connectivity index (χ3n) is 3.87. The molecule has 1 heterocycles. The minimum absolute atomic E-state index is 0.0301. The molecule has 94 valence electrons. The summed E-state index contributed by atoms with van der Waals surface area (Å²) in [5.41, 5.74) is 3.99. The second-order valence-electron chi connectivity index (χ2n) is 5.35. The van der Waals surface area contributed by atoms with E-state index in [0.717, 1.165) is 19.5 Å². The largest absolute Gasteiger partial charge is 0.365 e. The molecule has 0 amide bonds. The van der Waals surface area contributed by atoms with Crippen LogP contribution in [0.4, 0.5) is 0 Å². The lowest BCUT2D eigenvalue weighted by Gasteiger charge is -2.39. The Balaban J connectivity index is 2.28. The van der Waals surface area contributed by atoms with Crippen molar-refractivity contribution in [2.45, 2.75) is 45.8 Å². The first-order valence-corrected chi connectivity index (χ1v) is 6.50. The van der Waals surface area contributed by atoms with Gasteiger partial charge in [-0.2, -0.15) is 0 Å². The quantitative estimate of drug-likeness (QED) is 0.847. The maximum Gasteiger partial charge on any atom is 0.0962 e. The van der Waals surface area contributed by atoms with Gasteiger partial charge in [0.25, 0.3) is 0 Å². The van der Waals surface area contributed by atoms with Crippen molar-refractivity contribution in [2.24, 2.45) is 0 Å². The molecule has 2 unspecified atom stereocenters. The summed E-state index contributed by atoms with van der Waals surface area (Å²) in [6.07, 6.45) is 1.23. The Morgan fingerprint density at radius 1 is 1.35 bits per heavy atom. The molecule has 1 aromatic rings. The van der Waals surface area contributed by atoms with Gasteiger partial charge in [-0.1, -0.05) is 25.1 Å².